The lowest BCUT2D eigenvalue weighted by Gasteiger charge is -2.23. The molecule has 4 heteroatoms. The third-order valence-electron chi connectivity index (χ3n) is 3.12. The predicted molar refractivity (Wildman–Crippen MR) is 83.9 cm³/mol. The van der Waals surface area contributed by atoms with E-state index in [2.05, 4.69) is 19.2 Å². The van der Waals surface area contributed by atoms with E-state index in [-0.39, 0.29) is 18.3 Å². The first-order chi connectivity index (χ1) is 8.36. The average molecular weight is 285 g/mol. The molecule has 1 unspecified atom stereocenters. The Balaban J connectivity index is 0.00000324. The normalized spacial score (nSPS) is 13.6. The zero-order chi connectivity index (χ0) is 13.8. The third-order valence-corrected chi connectivity index (χ3v) is 3.12. The molecule has 0 saturated heterocycles. The molecule has 19 heavy (non-hydrogen) atoms. The molecular formula is C15H25ClN2O. The first-order valence-electron chi connectivity index (χ1n) is 6.57. The van der Waals surface area contributed by atoms with Crippen molar-refractivity contribution in [1.82, 2.24) is 0 Å². The minimum absolute atomic E-state index is 0. The van der Waals surface area contributed by atoms with Crippen molar-refractivity contribution >= 4 is 24.0 Å². The van der Waals surface area contributed by atoms with Crippen molar-refractivity contribution < 1.29 is 4.79 Å². The van der Waals surface area contributed by atoms with Gasteiger partial charge >= 0.3 is 0 Å². The van der Waals surface area contributed by atoms with Crippen molar-refractivity contribution in [3.05, 3.63) is 29.8 Å². The lowest BCUT2D eigenvalue weighted by atomic mass is 9.96. The van der Waals surface area contributed by atoms with E-state index in [9.17, 15) is 4.79 Å². The minimum Gasteiger partial charge on any atom is -0.325 e. The van der Waals surface area contributed by atoms with Crippen molar-refractivity contribution in [2.45, 2.75) is 52.0 Å². The molecule has 0 fully saturated rings. The van der Waals surface area contributed by atoms with E-state index >= 15 is 0 Å². The fraction of sp³-hybridized carbons (Fsp3) is 0.533. The summed E-state index contributed by atoms with van der Waals surface area (Å²) >= 11 is 0. The van der Waals surface area contributed by atoms with Crippen LogP contribution >= 0.6 is 12.4 Å². The Morgan fingerprint density at radius 2 is 1.84 bits per heavy atom. The van der Waals surface area contributed by atoms with Gasteiger partial charge in [-0.25, -0.2) is 0 Å². The number of nitrogens with one attached hydrogen (secondary N) is 1. The summed E-state index contributed by atoms with van der Waals surface area (Å²) in [5, 5.41) is 2.87. The highest BCUT2D eigenvalue weighted by atomic mass is 35.5. The maximum absolute atomic E-state index is 12.0. The van der Waals surface area contributed by atoms with Gasteiger partial charge in [-0.15, -0.1) is 12.4 Å². The second-order valence-electron chi connectivity index (χ2n) is 5.40. The van der Waals surface area contributed by atoms with Crippen molar-refractivity contribution in [1.29, 1.82) is 0 Å². The second kappa shape index (κ2) is 7.51. The molecule has 1 aromatic carbocycles. The summed E-state index contributed by atoms with van der Waals surface area (Å²) in [5.74, 6) is 0.372. The smallest absolute Gasteiger partial charge is 0.244 e. The molecule has 108 valence electrons. The molecule has 3 nitrogen and oxygen atoms in total. The zero-order valence-electron chi connectivity index (χ0n) is 12.2. The van der Waals surface area contributed by atoms with Crippen LogP contribution in [0.3, 0.4) is 0 Å². The molecule has 1 atom stereocenters. The van der Waals surface area contributed by atoms with E-state index in [0.717, 1.165) is 12.1 Å². The minimum atomic E-state index is -0.800. The number of anilines is 1. The van der Waals surface area contributed by atoms with Crippen LogP contribution in [0.4, 0.5) is 5.69 Å². The van der Waals surface area contributed by atoms with E-state index < -0.39 is 5.54 Å². The monoisotopic (exact) mass is 284 g/mol. The van der Waals surface area contributed by atoms with Crippen LogP contribution in [0.15, 0.2) is 24.3 Å². The van der Waals surface area contributed by atoms with E-state index in [1.807, 2.05) is 31.2 Å². The standard InChI is InChI=1S/C15H24N2O.ClH/c1-5-10-15(4,16)14(18)17-13-8-6-12(7-9-13)11(2)3;/h6-9,11H,5,10,16H2,1-4H3,(H,17,18);1H. The molecule has 3 N–H and O–H groups in total. The Morgan fingerprint density at radius 3 is 2.26 bits per heavy atom. The van der Waals surface area contributed by atoms with Gasteiger partial charge in [0.05, 0.1) is 5.54 Å². The van der Waals surface area contributed by atoms with Crippen LogP contribution in [0.25, 0.3) is 0 Å². The Morgan fingerprint density at radius 1 is 1.32 bits per heavy atom. The number of halogens is 1. The van der Waals surface area contributed by atoms with E-state index in [1.165, 1.54) is 5.56 Å². The fourth-order valence-corrected chi connectivity index (χ4v) is 1.86. The molecule has 0 aromatic heterocycles. The maximum atomic E-state index is 12.0. The van der Waals surface area contributed by atoms with Crippen LogP contribution in [-0.2, 0) is 4.79 Å². The number of hydrogen-bond donors (Lipinski definition) is 2. The number of carbonyl (C=O) groups excluding carboxylic acids is 1. The first-order valence-corrected chi connectivity index (χ1v) is 6.57. The van der Waals surface area contributed by atoms with Gasteiger partial charge in [0.25, 0.3) is 0 Å². The number of amides is 1. The molecule has 0 radical (unpaired) electrons. The van der Waals surface area contributed by atoms with Crippen LogP contribution in [0.1, 0.15) is 52.0 Å². The third kappa shape index (κ3) is 5.21. The number of carbonyl (C=O) groups is 1. The lowest BCUT2D eigenvalue weighted by Crippen LogP contribution is -2.48. The predicted octanol–water partition coefficient (Wildman–Crippen LogP) is 3.69. The first kappa shape index (κ1) is 17.9. The summed E-state index contributed by atoms with van der Waals surface area (Å²) in [6.45, 7) is 8.09. The van der Waals surface area contributed by atoms with Gasteiger partial charge in [-0.1, -0.05) is 39.3 Å². The molecule has 1 aromatic rings. The molecule has 0 aliphatic heterocycles. The van der Waals surface area contributed by atoms with Crippen LogP contribution in [-0.4, -0.2) is 11.4 Å². The van der Waals surface area contributed by atoms with Crippen molar-refractivity contribution in [3.63, 3.8) is 0 Å². The molecular weight excluding hydrogens is 260 g/mol. The van der Waals surface area contributed by atoms with Gasteiger partial charge < -0.3 is 11.1 Å². The number of hydrogen-bond acceptors (Lipinski definition) is 2. The highest BCUT2D eigenvalue weighted by molar-refractivity contribution is 5.97. The Bertz CT molecular complexity index is 399. The van der Waals surface area contributed by atoms with E-state index in [1.54, 1.807) is 6.92 Å². The van der Waals surface area contributed by atoms with Gasteiger partial charge in [0, 0.05) is 5.69 Å². The van der Waals surface area contributed by atoms with Crippen molar-refractivity contribution in [3.8, 4) is 0 Å². The molecule has 0 spiro atoms. The SMILES string of the molecule is CCCC(C)(N)C(=O)Nc1ccc(C(C)C)cc1.Cl. The number of nitrogens with two attached hydrogens (primary N) is 1. The van der Waals surface area contributed by atoms with E-state index in [0.29, 0.717) is 12.3 Å². The van der Waals surface area contributed by atoms with Gasteiger partial charge in [0.1, 0.15) is 0 Å². The molecule has 0 heterocycles. The molecule has 1 amide bonds. The zero-order valence-corrected chi connectivity index (χ0v) is 13.0. The Labute approximate surface area is 122 Å². The molecule has 0 bridgehead atoms. The molecule has 0 aliphatic rings. The molecule has 1 rings (SSSR count). The number of rotatable bonds is 5. The second-order valence-corrected chi connectivity index (χ2v) is 5.40. The molecule has 0 saturated carbocycles. The van der Waals surface area contributed by atoms with Gasteiger partial charge in [-0.05, 0) is 37.0 Å². The lowest BCUT2D eigenvalue weighted by molar-refractivity contribution is -0.120. The Kier molecular flexibility index (Phi) is 7.09. The fourth-order valence-electron chi connectivity index (χ4n) is 1.86. The van der Waals surface area contributed by atoms with Gasteiger partial charge in [0.15, 0.2) is 0 Å². The van der Waals surface area contributed by atoms with Crippen LogP contribution in [0.2, 0.25) is 0 Å². The summed E-state index contributed by atoms with van der Waals surface area (Å²) in [4.78, 5) is 12.0. The van der Waals surface area contributed by atoms with Gasteiger partial charge in [0.2, 0.25) is 5.91 Å². The molecule has 0 aliphatic carbocycles. The topological polar surface area (TPSA) is 55.1 Å². The summed E-state index contributed by atoms with van der Waals surface area (Å²) in [6, 6.07) is 7.92. The van der Waals surface area contributed by atoms with E-state index in [4.69, 9.17) is 5.73 Å². The Hall–Kier alpha value is -1.06. The van der Waals surface area contributed by atoms with Crippen LogP contribution < -0.4 is 11.1 Å². The summed E-state index contributed by atoms with van der Waals surface area (Å²) in [6.07, 6.45) is 1.58. The highest BCUT2D eigenvalue weighted by Gasteiger charge is 2.26. The van der Waals surface area contributed by atoms with Crippen molar-refractivity contribution in [2.24, 2.45) is 5.73 Å². The highest BCUT2D eigenvalue weighted by Crippen LogP contribution is 2.18. The van der Waals surface area contributed by atoms with Crippen molar-refractivity contribution in [2.75, 3.05) is 5.32 Å². The average Bonchev–Trinajstić information content (AvgIpc) is 2.29. The number of benzene rings is 1. The summed E-state index contributed by atoms with van der Waals surface area (Å²) < 4.78 is 0. The largest absolute Gasteiger partial charge is 0.325 e. The summed E-state index contributed by atoms with van der Waals surface area (Å²) in [5.41, 5.74) is 7.25. The maximum Gasteiger partial charge on any atom is 0.244 e. The van der Waals surface area contributed by atoms with Gasteiger partial charge in [-0.3, -0.25) is 4.79 Å². The van der Waals surface area contributed by atoms with Crippen LogP contribution in [0, 0.1) is 0 Å². The van der Waals surface area contributed by atoms with Crippen LogP contribution in [0.5, 0.6) is 0 Å². The van der Waals surface area contributed by atoms with Gasteiger partial charge in [-0.2, -0.15) is 0 Å². The quantitative estimate of drug-likeness (QED) is 0.866. The summed E-state index contributed by atoms with van der Waals surface area (Å²) in [7, 11) is 0.